The molecule has 1 amide bonds. The molecule has 0 bridgehead atoms. The van der Waals surface area contributed by atoms with Crippen molar-refractivity contribution < 1.29 is 27.1 Å². The summed E-state index contributed by atoms with van der Waals surface area (Å²) in [5.41, 5.74) is -0.560. The van der Waals surface area contributed by atoms with Crippen molar-refractivity contribution in [3.63, 3.8) is 0 Å². The van der Waals surface area contributed by atoms with E-state index < -0.39 is 23.1 Å². The molecule has 4 rings (SSSR count). The lowest BCUT2D eigenvalue weighted by molar-refractivity contribution is -0.137. The number of nitriles is 1. The molecule has 9 heteroatoms. The number of ether oxygens (including phenoxy) is 1. The molecule has 0 saturated carbocycles. The molecule has 0 spiro atoms. The van der Waals surface area contributed by atoms with Gasteiger partial charge in [0.15, 0.2) is 0 Å². The van der Waals surface area contributed by atoms with Gasteiger partial charge in [0, 0.05) is 55.4 Å². The Morgan fingerprint density at radius 1 is 1.23 bits per heavy atom. The van der Waals surface area contributed by atoms with E-state index in [2.05, 4.69) is 0 Å². The third-order valence-electron chi connectivity index (χ3n) is 7.23. The third-order valence-corrected chi connectivity index (χ3v) is 7.23. The molecule has 2 atom stereocenters. The first-order valence-corrected chi connectivity index (χ1v) is 11.6. The van der Waals surface area contributed by atoms with E-state index >= 15 is 0 Å². The van der Waals surface area contributed by atoms with Crippen LogP contribution in [0.5, 0.6) is 0 Å². The summed E-state index contributed by atoms with van der Waals surface area (Å²) in [7, 11) is 0. The number of hydrogen-bond donors (Lipinski definition) is 0. The smallest absolute Gasteiger partial charge is 0.381 e. The van der Waals surface area contributed by atoms with E-state index in [1.165, 1.54) is 18.2 Å². The molecule has 2 aromatic carbocycles. The van der Waals surface area contributed by atoms with Gasteiger partial charge in [-0.1, -0.05) is 6.07 Å². The molecule has 35 heavy (non-hydrogen) atoms. The predicted molar refractivity (Wildman–Crippen MR) is 122 cm³/mol. The standard InChI is InChI=1S/C26H27F4N3O2/c1-3-35-16-25-8-9-32(21-7-6-19(12-31)22(11-21)26(28,29)30)13-20(25)14-33(15-25)24(34)18-5-4-17(2)23(27)10-18/h4-7,10-11,20H,3,8-9,13-16H2,1-2H3/t20-,25+/m1/s1. The number of rotatable bonds is 5. The molecule has 5 nitrogen and oxygen atoms in total. The monoisotopic (exact) mass is 489 g/mol. The Hall–Kier alpha value is -3.12. The normalized spacial score (nSPS) is 22.1. The average molecular weight is 490 g/mol. The van der Waals surface area contributed by atoms with Crippen LogP contribution in [0.15, 0.2) is 36.4 Å². The molecule has 186 valence electrons. The van der Waals surface area contributed by atoms with E-state index in [9.17, 15) is 22.4 Å². The number of fused-ring (bicyclic) bond motifs is 1. The number of amides is 1. The van der Waals surface area contributed by atoms with Crippen molar-refractivity contribution in [2.24, 2.45) is 11.3 Å². The first-order valence-electron chi connectivity index (χ1n) is 11.6. The maximum absolute atomic E-state index is 14.1. The van der Waals surface area contributed by atoms with Crippen LogP contribution in [0.3, 0.4) is 0 Å². The first kappa shape index (κ1) is 25.0. The van der Waals surface area contributed by atoms with Crippen molar-refractivity contribution in [1.29, 1.82) is 5.26 Å². The number of alkyl halides is 3. The Morgan fingerprint density at radius 3 is 2.66 bits per heavy atom. The summed E-state index contributed by atoms with van der Waals surface area (Å²) in [4.78, 5) is 16.8. The zero-order valence-corrected chi connectivity index (χ0v) is 19.7. The van der Waals surface area contributed by atoms with Crippen LogP contribution in [0.4, 0.5) is 23.2 Å². The van der Waals surface area contributed by atoms with Crippen molar-refractivity contribution in [1.82, 2.24) is 4.90 Å². The lowest BCUT2D eigenvalue weighted by atomic mass is 9.73. The third kappa shape index (κ3) is 4.85. The zero-order valence-electron chi connectivity index (χ0n) is 19.7. The van der Waals surface area contributed by atoms with Crippen molar-refractivity contribution in [3.05, 3.63) is 64.5 Å². The Labute approximate surface area is 201 Å². The van der Waals surface area contributed by atoms with Gasteiger partial charge in [-0.05, 0) is 56.2 Å². The van der Waals surface area contributed by atoms with Gasteiger partial charge in [0.1, 0.15) is 5.82 Å². The van der Waals surface area contributed by atoms with E-state index in [4.69, 9.17) is 10.00 Å². The first-order chi connectivity index (χ1) is 16.6. The van der Waals surface area contributed by atoms with E-state index in [0.717, 1.165) is 6.07 Å². The fourth-order valence-corrected chi connectivity index (χ4v) is 5.18. The number of nitrogens with zero attached hydrogens (tertiary/aromatic N) is 3. The minimum Gasteiger partial charge on any atom is -0.381 e. The highest BCUT2D eigenvalue weighted by molar-refractivity contribution is 5.94. The minimum atomic E-state index is -4.63. The topological polar surface area (TPSA) is 56.6 Å². The second-order valence-electron chi connectivity index (χ2n) is 9.38. The van der Waals surface area contributed by atoms with E-state index in [0.29, 0.717) is 57.1 Å². The van der Waals surface area contributed by atoms with Gasteiger partial charge in [0.05, 0.1) is 23.8 Å². The van der Waals surface area contributed by atoms with Gasteiger partial charge in [0.2, 0.25) is 0 Å². The van der Waals surface area contributed by atoms with E-state index in [-0.39, 0.29) is 22.8 Å². The number of piperidine rings is 1. The number of halogens is 4. The van der Waals surface area contributed by atoms with Crippen LogP contribution in [0.25, 0.3) is 0 Å². The molecule has 2 heterocycles. The van der Waals surface area contributed by atoms with Crippen molar-refractivity contribution in [2.75, 3.05) is 44.3 Å². The fourth-order valence-electron chi connectivity index (χ4n) is 5.18. The highest BCUT2D eigenvalue weighted by atomic mass is 19.4. The van der Waals surface area contributed by atoms with Gasteiger partial charge in [-0.25, -0.2) is 4.39 Å². The van der Waals surface area contributed by atoms with Crippen LogP contribution in [-0.4, -0.2) is 50.2 Å². The summed E-state index contributed by atoms with van der Waals surface area (Å²) in [5.74, 6) is -0.741. The number of carbonyl (C=O) groups excluding carboxylic acids is 1. The number of benzene rings is 2. The highest BCUT2D eigenvalue weighted by Crippen LogP contribution is 2.45. The summed E-state index contributed by atoms with van der Waals surface area (Å²) in [5, 5.41) is 9.09. The zero-order chi connectivity index (χ0) is 25.4. The molecule has 2 aliphatic rings. The number of likely N-dealkylation sites (tertiary alicyclic amines) is 1. The van der Waals surface area contributed by atoms with Crippen molar-refractivity contribution in [3.8, 4) is 6.07 Å². The second-order valence-corrected chi connectivity index (χ2v) is 9.38. The average Bonchev–Trinajstić information content (AvgIpc) is 3.22. The molecule has 0 unspecified atom stereocenters. The van der Waals surface area contributed by atoms with Crippen LogP contribution in [0, 0.1) is 35.4 Å². The highest BCUT2D eigenvalue weighted by Gasteiger charge is 2.51. The Bertz CT molecular complexity index is 1160. The maximum atomic E-state index is 14.1. The Kier molecular flexibility index (Phi) is 6.78. The predicted octanol–water partition coefficient (Wildman–Crippen LogP) is 5.03. The Morgan fingerprint density at radius 2 is 2.00 bits per heavy atom. The van der Waals surface area contributed by atoms with E-state index in [1.54, 1.807) is 30.0 Å². The number of carbonyl (C=O) groups is 1. The summed E-state index contributed by atoms with van der Waals surface area (Å²) >= 11 is 0. The second kappa shape index (κ2) is 9.50. The van der Waals surface area contributed by atoms with Crippen LogP contribution in [0.2, 0.25) is 0 Å². The number of anilines is 1. The molecular formula is C26H27F4N3O2. The quantitative estimate of drug-likeness (QED) is 0.553. The van der Waals surface area contributed by atoms with Crippen LogP contribution >= 0.6 is 0 Å². The van der Waals surface area contributed by atoms with Gasteiger partial charge in [-0.15, -0.1) is 0 Å². The van der Waals surface area contributed by atoms with Gasteiger partial charge < -0.3 is 14.5 Å². The summed E-state index contributed by atoms with van der Waals surface area (Å²) in [6, 6.07) is 9.82. The molecule has 0 aromatic heterocycles. The maximum Gasteiger partial charge on any atom is 0.417 e. The summed E-state index contributed by atoms with van der Waals surface area (Å²) in [6.45, 7) is 6.27. The lowest BCUT2D eigenvalue weighted by Crippen LogP contribution is -2.49. The van der Waals surface area contributed by atoms with E-state index in [1.807, 2.05) is 11.8 Å². The lowest BCUT2D eigenvalue weighted by Gasteiger charge is -2.44. The Balaban J connectivity index is 1.59. The molecule has 0 aliphatic carbocycles. The van der Waals surface area contributed by atoms with Crippen LogP contribution in [0.1, 0.15) is 40.4 Å². The summed E-state index contributed by atoms with van der Waals surface area (Å²) < 4.78 is 60.3. The molecule has 0 N–H and O–H groups in total. The van der Waals surface area contributed by atoms with Gasteiger partial charge in [0.25, 0.3) is 5.91 Å². The van der Waals surface area contributed by atoms with Gasteiger partial charge >= 0.3 is 6.18 Å². The van der Waals surface area contributed by atoms with Crippen LogP contribution in [-0.2, 0) is 10.9 Å². The van der Waals surface area contributed by atoms with Crippen molar-refractivity contribution in [2.45, 2.75) is 26.4 Å². The number of aryl methyl sites for hydroxylation is 1. The molecule has 2 fully saturated rings. The molecule has 0 radical (unpaired) electrons. The molecule has 2 aromatic rings. The minimum absolute atomic E-state index is 0.0352. The summed E-state index contributed by atoms with van der Waals surface area (Å²) in [6.07, 6.45) is -4.00. The molecular weight excluding hydrogens is 462 g/mol. The number of hydrogen-bond acceptors (Lipinski definition) is 4. The fraction of sp³-hybridized carbons (Fsp3) is 0.462. The molecule has 2 saturated heterocycles. The van der Waals surface area contributed by atoms with Crippen molar-refractivity contribution >= 4 is 11.6 Å². The molecule has 2 aliphatic heterocycles. The van der Waals surface area contributed by atoms with Gasteiger partial charge in [-0.3, -0.25) is 4.79 Å². The van der Waals surface area contributed by atoms with Crippen LogP contribution < -0.4 is 4.90 Å². The SMILES string of the molecule is CCOC[C@@]12CCN(c3ccc(C#N)c(C(F)(F)F)c3)C[C@@H]1CN(C(=O)c1ccc(C)c(F)c1)C2. The largest absolute Gasteiger partial charge is 0.417 e. The van der Waals surface area contributed by atoms with Gasteiger partial charge in [-0.2, -0.15) is 18.4 Å².